The lowest BCUT2D eigenvalue weighted by atomic mass is 10.2. The third-order valence-electron chi connectivity index (χ3n) is 2.40. The Bertz CT molecular complexity index is 327. The van der Waals surface area contributed by atoms with Gasteiger partial charge in [0.1, 0.15) is 5.76 Å². The topological polar surface area (TPSA) is 81.2 Å². The average molecular weight is 211 g/mol. The summed E-state index contributed by atoms with van der Waals surface area (Å²) in [5.74, 6) is 0.593. The van der Waals surface area contributed by atoms with E-state index in [2.05, 4.69) is 10.5 Å². The summed E-state index contributed by atoms with van der Waals surface area (Å²) in [5.41, 5.74) is 7.31. The van der Waals surface area contributed by atoms with E-state index in [0.29, 0.717) is 13.0 Å². The van der Waals surface area contributed by atoms with Gasteiger partial charge in [0, 0.05) is 12.1 Å². The molecule has 3 N–H and O–H groups in total. The van der Waals surface area contributed by atoms with Crippen molar-refractivity contribution in [2.75, 3.05) is 0 Å². The molecule has 0 aliphatic carbocycles. The van der Waals surface area contributed by atoms with Crippen LogP contribution >= 0.6 is 0 Å². The highest BCUT2D eigenvalue weighted by Gasteiger charge is 2.13. The summed E-state index contributed by atoms with van der Waals surface area (Å²) >= 11 is 0. The highest BCUT2D eigenvalue weighted by Crippen LogP contribution is 2.11. The quantitative estimate of drug-likeness (QED) is 0.766. The molecular weight excluding hydrogens is 194 g/mol. The fraction of sp³-hybridized carbons (Fsp3) is 0.600. The van der Waals surface area contributed by atoms with Gasteiger partial charge in [-0.2, -0.15) is 0 Å². The molecule has 0 aliphatic heterocycles. The maximum atomic E-state index is 11.4. The van der Waals surface area contributed by atoms with Gasteiger partial charge in [0.05, 0.1) is 11.7 Å². The summed E-state index contributed by atoms with van der Waals surface area (Å²) in [5, 5.41) is 6.56. The van der Waals surface area contributed by atoms with E-state index in [9.17, 15) is 4.79 Å². The zero-order chi connectivity index (χ0) is 11.4. The van der Waals surface area contributed by atoms with E-state index in [0.717, 1.165) is 17.0 Å². The number of hydrogen-bond acceptors (Lipinski definition) is 4. The van der Waals surface area contributed by atoms with Gasteiger partial charge >= 0.3 is 0 Å². The van der Waals surface area contributed by atoms with Crippen molar-refractivity contribution in [3.05, 3.63) is 17.0 Å². The molecule has 0 radical (unpaired) electrons. The summed E-state index contributed by atoms with van der Waals surface area (Å²) in [6, 6.07) is -0.439. The second-order valence-electron chi connectivity index (χ2n) is 3.54. The summed E-state index contributed by atoms with van der Waals surface area (Å²) in [4.78, 5) is 11.4. The number of carbonyl (C=O) groups excluding carboxylic acids is 1. The number of nitrogens with two attached hydrogens (primary N) is 1. The van der Waals surface area contributed by atoms with E-state index in [4.69, 9.17) is 10.3 Å². The number of nitrogens with one attached hydrogen (secondary N) is 1. The maximum Gasteiger partial charge on any atom is 0.237 e. The number of rotatable bonds is 4. The Morgan fingerprint density at radius 2 is 2.27 bits per heavy atom. The summed E-state index contributed by atoms with van der Waals surface area (Å²) < 4.78 is 4.98. The Hall–Kier alpha value is -1.36. The predicted octanol–water partition coefficient (Wildman–Crippen LogP) is 0.645. The lowest BCUT2D eigenvalue weighted by Gasteiger charge is -2.09. The van der Waals surface area contributed by atoms with Crippen LogP contribution < -0.4 is 11.1 Å². The van der Waals surface area contributed by atoms with Gasteiger partial charge in [0.2, 0.25) is 5.91 Å². The Morgan fingerprint density at radius 3 is 2.73 bits per heavy atom. The Kier molecular flexibility index (Phi) is 3.85. The van der Waals surface area contributed by atoms with E-state index in [1.54, 1.807) is 0 Å². The molecule has 5 nitrogen and oxygen atoms in total. The first-order valence-electron chi connectivity index (χ1n) is 5.01. The van der Waals surface area contributed by atoms with Crippen molar-refractivity contribution in [1.82, 2.24) is 10.5 Å². The normalized spacial score (nSPS) is 12.5. The molecule has 0 spiro atoms. The van der Waals surface area contributed by atoms with Gasteiger partial charge in [-0.15, -0.1) is 0 Å². The molecule has 15 heavy (non-hydrogen) atoms. The number of aryl methyl sites for hydroxylation is 2. The first-order chi connectivity index (χ1) is 7.06. The lowest BCUT2D eigenvalue weighted by Crippen LogP contribution is -2.39. The van der Waals surface area contributed by atoms with Crippen LogP contribution in [0.15, 0.2) is 4.52 Å². The van der Waals surface area contributed by atoms with Gasteiger partial charge < -0.3 is 15.6 Å². The maximum absolute atomic E-state index is 11.4. The van der Waals surface area contributed by atoms with Crippen molar-refractivity contribution in [2.24, 2.45) is 5.73 Å². The van der Waals surface area contributed by atoms with Crippen molar-refractivity contribution in [3.8, 4) is 0 Å². The highest BCUT2D eigenvalue weighted by molar-refractivity contribution is 5.81. The van der Waals surface area contributed by atoms with E-state index in [-0.39, 0.29) is 5.91 Å². The van der Waals surface area contributed by atoms with Gasteiger partial charge in [-0.3, -0.25) is 4.79 Å². The standard InChI is InChI=1S/C10H17N3O2/c1-4-9(11)10(14)12-5-8-6(2)13-15-7(8)3/h9H,4-5,11H2,1-3H3,(H,12,14)/t9-/m1/s1. The van der Waals surface area contributed by atoms with Crippen molar-refractivity contribution in [2.45, 2.75) is 39.8 Å². The summed E-state index contributed by atoms with van der Waals surface area (Å²) in [6.45, 7) is 5.97. The summed E-state index contributed by atoms with van der Waals surface area (Å²) in [6.07, 6.45) is 0.632. The predicted molar refractivity (Wildman–Crippen MR) is 56.1 cm³/mol. The first-order valence-corrected chi connectivity index (χ1v) is 5.01. The second kappa shape index (κ2) is 4.93. The lowest BCUT2D eigenvalue weighted by molar-refractivity contribution is -0.122. The average Bonchev–Trinajstić information content (AvgIpc) is 2.54. The fourth-order valence-corrected chi connectivity index (χ4v) is 1.25. The monoisotopic (exact) mass is 211 g/mol. The zero-order valence-corrected chi connectivity index (χ0v) is 9.33. The largest absolute Gasteiger partial charge is 0.361 e. The van der Waals surface area contributed by atoms with Crippen LogP contribution in [-0.2, 0) is 11.3 Å². The minimum atomic E-state index is -0.439. The van der Waals surface area contributed by atoms with Crippen molar-refractivity contribution in [1.29, 1.82) is 0 Å². The highest BCUT2D eigenvalue weighted by atomic mass is 16.5. The molecule has 1 aromatic heterocycles. The van der Waals surface area contributed by atoms with E-state index in [1.165, 1.54) is 0 Å². The number of hydrogen-bond donors (Lipinski definition) is 2. The minimum Gasteiger partial charge on any atom is -0.361 e. The molecule has 0 fully saturated rings. The Morgan fingerprint density at radius 1 is 1.60 bits per heavy atom. The van der Waals surface area contributed by atoms with E-state index < -0.39 is 6.04 Å². The molecule has 1 amide bonds. The third kappa shape index (κ3) is 2.79. The summed E-state index contributed by atoms with van der Waals surface area (Å²) in [7, 11) is 0. The molecule has 0 aliphatic rings. The molecule has 0 saturated carbocycles. The van der Waals surface area contributed by atoms with Crippen LogP contribution in [0.4, 0.5) is 0 Å². The van der Waals surface area contributed by atoms with Crippen LogP contribution in [0.3, 0.4) is 0 Å². The first kappa shape index (κ1) is 11.7. The smallest absolute Gasteiger partial charge is 0.237 e. The molecule has 1 atom stereocenters. The van der Waals surface area contributed by atoms with Crippen LogP contribution in [-0.4, -0.2) is 17.1 Å². The van der Waals surface area contributed by atoms with Gasteiger partial charge in [-0.05, 0) is 20.3 Å². The zero-order valence-electron chi connectivity index (χ0n) is 9.33. The van der Waals surface area contributed by atoms with Crippen LogP contribution in [0.5, 0.6) is 0 Å². The molecule has 1 aromatic rings. The number of aromatic nitrogens is 1. The molecule has 5 heteroatoms. The van der Waals surface area contributed by atoms with Crippen LogP contribution in [0.1, 0.15) is 30.4 Å². The van der Waals surface area contributed by atoms with Crippen molar-refractivity contribution >= 4 is 5.91 Å². The number of carbonyl (C=O) groups is 1. The third-order valence-corrected chi connectivity index (χ3v) is 2.40. The van der Waals surface area contributed by atoms with E-state index >= 15 is 0 Å². The SMILES string of the molecule is CC[C@@H](N)C(=O)NCc1c(C)noc1C. The Balaban J connectivity index is 2.54. The second-order valence-corrected chi connectivity index (χ2v) is 3.54. The van der Waals surface area contributed by atoms with Gasteiger partial charge in [-0.25, -0.2) is 0 Å². The van der Waals surface area contributed by atoms with E-state index in [1.807, 2.05) is 20.8 Å². The molecule has 1 heterocycles. The van der Waals surface area contributed by atoms with Crippen LogP contribution in [0, 0.1) is 13.8 Å². The minimum absolute atomic E-state index is 0.141. The molecule has 0 aromatic carbocycles. The van der Waals surface area contributed by atoms with Crippen LogP contribution in [0.25, 0.3) is 0 Å². The molecule has 0 unspecified atom stereocenters. The number of nitrogens with zero attached hydrogens (tertiary/aromatic N) is 1. The molecule has 1 rings (SSSR count). The van der Waals surface area contributed by atoms with Gasteiger partial charge in [0.25, 0.3) is 0 Å². The molecule has 0 bridgehead atoms. The molecule has 84 valence electrons. The fourth-order valence-electron chi connectivity index (χ4n) is 1.25. The molecule has 0 saturated heterocycles. The molecular formula is C10H17N3O2. The van der Waals surface area contributed by atoms with Gasteiger partial charge in [0.15, 0.2) is 0 Å². The van der Waals surface area contributed by atoms with Gasteiger partial charge in [-0.1, -0.05) is 12.1 Å². The number of amides is 1. The Labute approximate surface area is 89.0 Å². The van der Waals surface area contributed by atoms with Crippen LogP contribution in [0.2, 0.25) is 0 Å². The van der Waals surface area contributed by atoms with Crippen molar-refractivity contribution < 1.29 is 9.32 Å². The van der Waals surface area contributed by atoms with Crippen molar-refractivity contribution in [3.63, 3.8) is 0 Å².